The van der Waals surface area contributed by atoms with Gasteiger partial charge in [0.1, 0.15) is 0 Å². The van der Waals surface area contributed by atoms with E-state index in [-0.39, 0.29) is 11.2 Å². The molecule has 1 aliphatic carbocycles. The number of carbonyl (C=O) groups excluding carboxylic acids is 1. The highest BCUT2D eigenvalue weighted by Gasteiger charge is 2.26. The van der Waals surface area contributed by atoms with Crippen molar-refractivity contribution >= 4 is 28.5 Å². The van der Waals surface area contributed by atoms with Crippen LogP contribution in [0.3, 0.4) is 0 Å². The largest absolute Gasteiger partial charge is 0.303 e. The smallest absolute Gasteiger partial charge is 0.239 e. The molecule has 5 heteroatoms. The Kier molecular flexibility index (Phi) is 3.38. The van der Waals surface area contributed by atoms with E-state index in [9.17, 15) is 4.79 Å². The molecule has 1 saturated heterocycles. The first kappa shape index (κ1) is 12.4. The van der Waals surface area contributed by atoms with E-state index >= 15 is 0 Å². The van der Waals surface area contributed by atoms with Crippen molar-refractivity contribution < 1.29 is 4.79 Å². The summed E-state index contributed by atoms with van der Waals surface area (Å²) >= 11 is 1.43. The van der Waals surface area contributed by atoms with Crippen molar-refractivity contribution in [3.8, 4) is 0 Å². The maximum Gasteiger partial charge on any atom is 0.239 e. The zero-order valence-corrected chi connectivity index (χ0v) is 11.5. The average Bonchev–Trinajstić information content (AvgIpc) is 2.75. The first-order valence-corrected chi connectivity index (χ1v) is 7.32. The molecule has 0 aromatic heterocycles. The van der Waals surface area contributed by atoms with E-state index in [4.69, 9.17) is 0 Å². The summed E-state index contributed by atoms with van der Waals surface area (Å²) in [7, 11) is 0. The second kappa shape index (κ2) is 5.17. The average molecular weight is 273 g/mol. The molecule has 1 N–H and O–H groups in total. The quantitative estimate of drug-likeness (QED) is 0.798. The lowest BCUT2D eigenvalue weighted by Gasteiger charge is -2.16. The Balaban J connectivity index is 1.86. The van der Waals surface area contributed by atoms with Crippen LogP contribution in [0.25, 0.3) is 0 Å². The fourth-order valence-electron chi connectivity index (χ4n) is 2.32. The van der Waals surface area contributed by atoms with Crippen molar-refractivity contribution in [3.05, 3.63) is 35.4 Å². The van der Waals surface area contributed by atoms with Crippen LogP contribution in [0.2, 0.25) is 0 Å². The minimum atomic E-state index is -0.0717. The predicted octanol–water partition coefficient (Wildman–Crippen LogP) is 2.33. The molecule has 4 nitrogen and oxygen atoms in total. The molecule has 0 saturated carbocycles. The molecule has 3 rings (SSSR count). The number of hydrogen-bond donors (Lipinski definition) is 1. The summed E-state index contributed by atoms with van der Waals surface area (Å²) < 4.78 is 0. The van der Waals surface area contributed by atoms with Crippen LogP contribution < -0.4 is 5.32 Å². The van der Waals surface area contributed by atoms with Gasteiger partial charge in [0.25, 0.3) is 0 Å². The molecule has 2 aliphatic rings. The Morgan fingerprint density at radius 1 is 1.26 bits per heavy atom. The van der Waals surface area contributed by atoms with E-state index in [0.717, 1.165) is 25.0 Å². The Morgan fingerprint density at radius 2 is 2.11 bits per heavy atom. The van der Waals surface area contributed by atoms with E-state index in [0.29, 0.717) is 5.17 Å². The number of thioether (sulfide) groups is 1. The molecule has 1 atom stereocenters. The number of fused-ring (bicyclic) bond motifs is 1. The summed E-state index contributed by atoms with van der Waals surface area (Å²) in [6.07, 6.45) is 3.16. The zero-order chi connectivity index (χ0) is 13.2. The third-order valence-electron chi connectivity index (χ3n) is 3.34. The SMILES string of the molecule is CC1SC(=NN=C2CCCc3ccccc32)NC1=O. The Bertz CT molecular complexity index is 580. The van der Waals surface area contributed by atoms with Gasteiger partial charge < -0.3 is 5.32 Å². The van der Waals surface area contributed by atoms with Crippen molar-refractivity contribution in [2.75, 3.05) is 0 Å². The minimum Gasteiger partial charge on any atom is -0.303 e. The van der Waals surface area contributed by atoms with Gasteiger partial charge in [0, 0.05) is 5.56 Å². The van der Waals surface area contributed by atoms with Gasteiger partial charge >= 0.3 is 0 Å². The number of nitrogens with one attached hydrogen (secondary N) is 1. The number of rotatable bonds is 1. The van der Waals surface area contributed by atoms with Crippen molar-refractivity contribution in [2.24, 2.45) is 10.2 Å². The molecule has 1 amide bonds. The van der Waals surface area contributed by atoms with Crippen molar-refractivity contribution in [2.45, 2.75) is 31.4 Å². The maximum atomic E-state index is 11.4. The van der Waals surface area contributed by atoms with Crippen LogP contribution >= 0.6 is 11.8 Å². The first-order valence-electron chi connectivity index (χ1n) is 6.44. The molecule has 0 bridgehead atoms. The molecule has 0 spiro atoms. The van der Waals surface area contributed by atoms with E-state index in [1.54, 1.807) is 0 Å². The van der Waals surface area contributed by atoms with Gasteiger partial charge in [-0.05, 0) is 31.7 Å². The van der Waals surface area contributed by atoms with Crippen LogP contribution in [-0.2, 0) is 11.2 Å². The third kappa shape index (κ3) is 2.56. The normalized spacial score (nSPS) is 26.6. The molecular formula is C14H15N3OS. The van der Waals surface area contributed by atoms with Crippen LogP contribution in [0.4, 0.5) is 0 Å². The van der Waals surface area contributed by atoms with Crippen molar-refractivity contribution in [1.82, 2.24) is 5.32 Å². The molecule has 98 valence electrons. The molecule has 1 aliphatic heterocycles. The van der Waals surface area contributed by atoms with Crippen LogP contribution in [0.1, 0.15) is 30.9 Å². The van der Waals surface area contributed by atoms with Gasteiger partial charge in [-0.1, -0.05) is 36.0 Å². The third-order valence-corrected chi connectivity index (χ3v) is 4.31. The van der Waals surface area contributed by atoms with E-state index in [2.05, 4.69) is 33.7 Å². The fourth-order valence-corrected chi connectivity index (χ4v) is 3.06. The molecule has 1 heterocycles. The van der Waals surface area contributed by atoms with Crippen LogP contribution in [0.15, 0.2) is 34.5 Å². The lowest BCUT2D eigenvalue weighted by atomic mass is 9.90. The van der Waals surface area contributed by atoms with Crippen LogP contribution in [0, 0.1) is 0 Å². The number of amidine groups is 1. The highest BCUT2D eigenvalue weighted by atomic mass is 32.2. The van der Waals surface area contributed by atoms with Gasteiger partial charge in [-0.15, -0.1) is 5.10 Å². The van der Waals surface area contributed by atoms with Crippen molar-refractivity contribution in [1.29, 1.82) is 0 Å². The highest BCUT2D eigenvalue weighted by molar-refractivity contribution is 8.15. The molecule has 1 unspecified atom stereocenters. The summed E-state index contributed by atoms with van der Waals surface area (Å²) in [5.74, 6) is 0.00740. The van der Waals surface area contributed by atoms with Gasteiger partial charge in [-0.25, -0.2) is 0 Å². The van der Waals surface area contributed by atoms with Crippen LogP contribution in [-0.4, -0.2) is 22.0 Å². The minimum absolute atomic E-state index is 0.00740. The Morgan fingerprint density at radius 3 is 2.89 bits per heavy atom. The number of nitrogens with zero attached hydrogens (tertiary/aromatic N) is 2. The molecular weight excluding hydrogens is 258 g/mol. The first-order chi connectivity index (χ1) is 9.24. The Hall–Kier alpha value is -1.62. The topological polar surface area (TPSA) is 53.8 Å². The lowest BCUT2D eigenvalue weighted by Crippen LogP contribution is -2.23. The molecule has 1 aromatic rings. The molecule has 19 heavy (non-hydrogen) atoms. The number of hydrogen-bond acceptors (Lipinski definition) is 4. The summed E-state index contributed by atoms with van der Waals surface area (Å²) in [4.78, 5) is 11.4. The van der Waals surface area contributed by atoms with E-state index in [1.807, 2.05) is 13.0 Å². The standard InChI is InChI=1S/C14H15N3OS/c1-9-13(18)15-14(19-9)17-16-12-8-4-6-10-5-2-3-7-11(10)12/h2-3,5,7,9H,4,6,8H2,1H3,(H,15,17,18). The predicted molar refractivity (Wildman–Crippen MR) is 78.5 cm³/mol. The van der Waals surface area contributed by atoms with Crippen molar-refractivity contribution in [3.63, 3.8) is 0 Å². The molecule has 1 fully saturated rings. The summed E-state index contributed by atoms with van der Waals surface area (Å²) in [6.45, 7) is 1.87. The summed E-state index contributed by atoms with van der Waals surface area (Å²) in [5, 5.41) is 11.8. The number of carbonyl (C=O) groups is 1. The highest BCUT2D eigenvalue weighted by Crippen LogP contribution is 2.22. The van der Waals surface area contributed by atoms with E-state index in [1.165, 1.54) is 22.9 Å². The van der Waals surface area contributed by atoms with Crippen LogP contribution in [0.5, 0.6) is 0 Å². The van der Waals surface area contributed by atoms with Gasteiger partial charge in [-0.2, -0.15) is 5.10 Å². The summed E-state index contributed by atoms with van der Waals surface area (Å²) in [5.41, 5.74) is 3.55. The van der Waals surface area contributed by atoms with Gasteiger partial charge in [-0.3, -0.25) is 4.79 Å². The maximum absolute atomic E-state index is 11.4. The molecule has 0 radical (unpaired) electrons. The van der Waals surface area contributed by atoms with Gasteiger partial charge in [0.2, 0.25) is 5.91 Å². The fraction of sp³-hybridized carbons (Fsp3) is 0.357. The monoisotopic (exact) mass is 273 g/mol. The summed E-state index contributed by atoms with van der Waals surface area (Å²) in [6, 6.07) is 8.32. The molecule has 1 aromatic carbocycles. The van der Waals surface area contributed by atoms with E-state index < -0.39 is 0 Å². The number of benzene rings is 1. The Labute approximate surface area is 116 Å². The van der Waals surface area contributed by atoms with Gasteiger partial charge in [0.05, 0.1) is 11.0 Å². The number of amides is 1. The zero-order valence-electron chi connectivity index (χ0n) is 10.7. The second-order valence-corrected chi connectivity index (χ2v) is 6.04. The lowest BCUT2D eigenvalue weighted by molar-refractivity contribution is -0.118. The second-order valence-electron chi connectivity index (χ2n) is 4.71. The number of aryl methyl sites for hydroxylation is 1. The van der Waals surface area contributed by atoms with Gasteiger partial charge in [0.15, 0.2) is 5.17 Å².